The third-order valence-electron chi connectivity index (χ3n) is 2.37. The smallest absolute Gasteiger partial charge is 0.0462 e. The number of halogens is 1. The van der Waals surface area contributed by atoms with Gasteiger partial charge in [-0.15, -0.1) is 0 Å². The van der Waals surface area contributed by atoms with Gasteiger partial charge in [-0.1, -0.05) is 37.1 Å². The molecule has 0 spiro atoms. The molecule has 1 unspecified atom stereocenters. The molecule has 1 atom stereocenters. The molecule has 2 heteroatoms. The summed E-state index contributed by atoms with van der Waals surface area (Å²) in [7, 11) is 0. The average Bonchev–Trinajstić information content (AvgIpc) is 2.17. The highest BCUT2D eigenvalue weighted by Crippen LogP contribution is 2.17. The summed E-state index contributed by atoms with van der Waals surface area (Å²) in [5.41, 5.74) is 1.21. The fourth-order valence-electron chi connectivity index (χ4n) is 1.66. The zero-order chi connectivity index (χ0) is 10.4. The first-order valence-corrected chi connectivity index (χ1v) is 5.49. The van der Waals surface area contributed by atoms with Crippen LogP contribution in [0.25, 0.3) is 0 Å². The molecule has 1 N–H and O–H groups in total. The lowest BCUT2D eigenvalue weighted by Crippen LogP contribution is -2.09. The van der Waals surface area contributed by atoms with Crippen LogP contribution in [0.1, 0.15) is 25.3 Å². The van der Waals surface area contributed by atoms with Gasteiger partial charge in [-0.05, 0) is 36.5 Å². The number of hydrogen-bond acceptors (Lipinski definition) is 1. The monoisotopic (exact) mass is 212 g/mol. The van der Waals surface area contributed by atoms with Gasteiger partial charge in [0.05, 0.1) is 0 Å². The minimum atomic E-state index is 0.264. The van der Waals surface area contributed by atoms with E-state index >= 15 is 0 Å². The van der Waals surface area contributed by atoms with Crippen LogP contribution in [0, 0.1) is 5.92 Å². The van der Waals surface area contributed by atoms with E-state index in [0.717, 1.165) is 24.3 Å². The summed E-state index contributed by atoms with van der Waals surface area (Å²) >= 11 is 5.89. The molecule has 1 aromatic carbocycles. The summed E-state index contributed by atoms with van der Waals surface area (Å²) in [6.45, 7) is 2.40. The molecule has 1 nitrogen and oxygen atoms in total. The van der Waals surface area contributed by atoms with Crippen molar-refractivity contribution in [2.45, 2.75) is 26.2 Å². The Morgan fingerprint density at radius 2 is 2.21 bits per heavy atom. The Kier molecular flexibility index (Phi) is 4.99. The van der Waals surface area contributed by atoms with Gasteiger partial charge in [0, 0.05) is 11.6 Å². The highest BCUT2D eigenvalue weighted by molar-refractivity contribution is 6.30. The van der Waals surface area contributed by atoms with Gasteiger partial charge in [-0.2, -0.15) is 0 Å². The standard InChI is InChI=1S/C12H17ClO/c1-2-4-11(9-14)7-10-5-3-6-12(13)8-10/h3,5-6,8,11,14H,2,4,7,9H2,1H3. The first-order chi connectivity index (χ1) is 6.76. The molecule has 0 aliphatic carbocycles. The van der Waals surface area contributed by atoms with Crippen LogP contribution in [0.15, 0.2) is 24.3 Å². The predicted octanol–water partition coefficient (Wildman–Crippen LogP) is 3.29. The van der Waals surface area contributed by atoms with Crippen LogP contribution >= 0.6 is 11.6 Å². The van der Waals surface area contributed by atoms with Gasteiger partial charge in [0.15, 0.2) is 0 Å². The fraction of sp³-hybridized carbons (Fsp3) is 0.500. The third kappa shape index (κ3) is 3.69. The largest absolute Gasteiger partial charge is 0.396 e. The van der Waals surface area contributed by atoms with E-state index in [1.165, 1.54) is 5.56 Å². The molecule has 0 heterocycles. The summed E-state index contributed by atoms with van der Waals surface area (Å²) in [5.74, 6) is 0.374. The van der Waals surface area contributed by atoms with Crippen molar-refractivity contribution in [2.75, 3.05) is 6.61 Å². The lowest BCUT2D eigenvalue weighted by molar-refractivity contribution is 0.217. The van der Waals surface area contributed by atoms with Crippen LogP contribution in [0.4, 0.5) is 0 Å². The van der Waals surface area contributed by atoms with Crippen molar-refractivity contribution in [3.63, 3.8) is 0 Å². The van der Waals surface area contributed by atoms with Crippen LogP contribution in [-0.2, 0) is 6.42 Å². The Hall–Kier alpha value is -0.530. The van der Waals surface area contributed by atoms with E-state index in [1.54, 1.807) is 0 Å². The molecule has 0 saturated heterocycles. The molecule has 0 amide bonds. The van der Waals surface area contributed by atoms with Crippen LogP contribution < -0.4 is 0 Å². The first-order valence-electron chi connectivity index (χ1n) is 5.11. The quantitative estimate of drug-likeness (QED) is 0.794. The summed E-state index contributed by atoms with van der Waals surface area (Å²) in [6, 6.07) is 7.86. The maximum Gasteiger partial charge on any atom is 0.0462 e. The second-order valence-electron chi connectivity index (χ2n) is 3.67. The Labute approximate surface area is 90.7 Å². The van der Waals surface area contributed by atoms with Crippen LogP contribution in [-0.4, -0.2) is 11.7 Å². The lowest BCUT2D eigenvalue weighted by Gasteiger charge is -2.12. The van der Waals surface area contributed by atoms with Crippen molar-refractivity contribution >= 4 is 11.6 Å². The Bertz CT molecular complexity index is 273. The highest BCUT2D eigenvalue weighted by Gasteiger charge is 2.07. The van der Waals surface area contributed by atoms with Crippen molar-refractivity contribution < 1.29 is 5.11 Å². The van der Waals surface area contributed by atoms with E-state index in [2.05, 4.69) is 13.0 Å². The molecule has 0 radical (unpaired) electrons. The van der Waals surface area contributed by atoms with Gasteiger partial charge in [-0.25, -0.2) is 0 Å². The van der Waals surface area contributed by atoms with Gasteiger partial charge in [-0.3, -0.25) is 0 Å². The second kappa shape index (κ2) is 6.05. The zero-order valence-electron chi connectivity index (χ0n) is 8.54. The molecule has 0 aliphatic heterocycles. The molecular formula is C12H17ClO. The topological polar surface area (TPSA) is 20.2 Å². The SMILES string of the molecule is CCCC(CO)Cc1cccc(Cl)c1. The molecule has 1 rings (SSSR count). The summed E-state index contributed by atoms with van der Waals surface area (Å²) in [5, 5.41) is 9.93. The van der Waals surface area contributed by atoms with E-state index in [0.29, 0.717) is 5.92 Å². The van der Waals surface area contributed by atoms with Crippen molar-refractivity contribution in [3.05, 3.63) is 34.9 Å². The minimum absolute atomic E-state index is 0.264. The van der Waals surface area contributed by atoms with Crippen molar-refractivity contribution in [1.29, 1.82) is 0 Å². The molecule has 78 valence electrons. The molecule has 0 bridgehead atoms. The van der Waals surface area contributed by atoms with Gasteiger partial charge >= 0.3 is 0 Å². The molecule has 0 aliphatic rings. The molecule has 0 fully saturated rings. The fourth-order valence-corrected chi connectivity index (χ4v) is 1.88. The number of benzene rings is 1. The van der Waals surface area contributed by atoms with E-state index < -0.39 is 0 Å². The van der Waals surface area contributed by atoms with Crippen LogP contribution in [0.3, 0.4) is 0 Å². The van der Waals surface area contributed by atoms with E-state index in [9.17, 15) is 0 Å². The lowest BCUT2D eigenvalue weighted by atomic mass is 9.96. The average molecular weight is 213 g/mol. The summed E-state index contributed by atoms with van der Waals surface area (Å²) < 4.78 is 0. The van der Waals surface area contributed by atoms with Gasteiger partial charge < -0.3 is 5.11 Å². The maximum absolute atomic E-state index is 9.15. The normalized spacial score (nSPS) is 12.8. The van der Waals surface area contributed by atoms with E-state index in [4.69, 9.17) is 16.7 Å². The number of hydrogen-bond donors (Lipinski definition) is 1. The van der Waals surface area contributed by atoms with Crippen molar-refractivity contribution in [1.82, 2.24) is 0 Å². The number of rotatable bonds is 5. The van der Waals surface area contributed by atoms with Gasteiger partial charge in [0.25, 0.3) is 0 Å². The van der Waals surface area contributed by atoms with Gasteiger partial charge in [0.2, 0.25) is 0 Å². The van der Waals surface area contributed by atoms with Crippen LogP contribution in [0.2, 0.25) is 5.02 Å². The van der Waals surface area contributed by atoms with E-state index in [1.807, 2.05) is 18.2 Å². The van der Waals surface area contributed by atoms with E-state index in [-0.39, 0.29) is 6.61 Å². The second-order valence-corrected chi connectivity index (χ2v) is 4.11. The number of aliphatic hydroxyl groups is 1. The Balaban J connectivity index is 2.57. The summed E-state index contributed by atoms with van der Waals surface area (Å²) in [6.07, 6.45) is 3.11. The molecule has 14 heavy (non-hydrogen) atoms. The third-order valence-corrected chi connectivity index (χ3v) is 2.60. The van der Waals surface area contributed by atoms with Gasteiger partial charge in [0.1, 0.15) is 0 Å². The maximum atomic E-state index is 9.15. The van der Waals surface area contributed by atoms with Crippen molar-refractivity contribution in [3.8, 4) is 0 Å². The summed E-state index contributed by atoms with van der Waals surface area (Å²) in [4.78, 5) is 0. The Morgan fingerprint density at radius 3 is 2.79 bits per heavy atom. The highest BCUT2D eigenvalue weighted by atomic mass is 35.5. The minimum Gasteiger partial charge on any atom is -0.396 e. The molecule has 1 aromatic rings. The number of aliphatic hydroxyl groups excluding tert-OH is 1. The molecule has 0 aromatic heterocycles. The Morgan fingerprint density at radius 1 is 1.43 bits per heavy atom. The molecule has 0 saturated carbocycles. The zero-order valence-corrected chi connectivity index (χ0v) is 9.30. The van der Waals surface area contributed by atoms with Crippen molar-refractivity contribution in [2.24, 2.45) is 5.92 Å². The van der Waals surface area contributed by atoms with Crippen LogP contribution in [0.5, 0.6) is 0 Å². The predicted molar refractivity (Wildman–Crippen MR) is 60.6 cm³/mol. The first kappa shape index (κ1) is 11.5. The molecular weight excluding hydrogens is 196 g/mol.